The lowest BCUT2D eigenvalue weighted by Crippen LogP contribution is -2.55. The lowest BCUT2D eigenvalue weighted by atomic mass is 10.0. The van der Waals surface area contributed by atoms with Crippen LogP contribution < -0.4 is 43.4 Å². The van der Waals surface area contributed by atoms with Crippen molar-refractivity contribution in [3.05, 3.63) is 81.8 Å². The summed E-state index contributed by atoms with van der Waals surface area (Å²) in [6, 6.07) is 8.11. The Balaban J connectivity index is 0.000000496. The summed E-state index contributed by atoms with van der Waals surface area (Å²) in [7, 11) is 0. The number of thiazole rings is 2. The zero-order valence-electron chi connectivity index (χ0n) is 39.8. The number of aromatic nitrogens is 2. The molecule has 71 heavy (non-hydrogen) atoms. The minimum Gasteiger partial charge on any atom is -0.508 e. The van der Waals surface area contributed by atoms with Crippen LogP contribution in [0.1, 0.15) is 84.9 Å². The van der Waals surface area contributed by atoms with Crippen LogP contribution in [0.15, 0.2) is 60.9 Å². The van der Waals surface area contributed by atoms with E-state index in [0.717, 1.165) is 21.8 Å². The van der Waals surface area contributed by atoms with Gasteiger partial charge in [0, 0.05) is 25.9 Å². The van der Waals surface area contributed by atoms with Crippen molar-refractivity contribution in [3.63, 3.8) is 0 Å². The molecule has 4 rings (SSSR count). The average Bonchev–Trinajstić information content (AvgIpc) is 3.96. The third-order valence-corrected chi connectivity index (χ3v) is 10.7. The molecule has 0 aliphatic rings. The van der Waals surface area contributed by atoms with Gasteiger partial charge >= 0.3 is 12.2 Å². The van der Waals surface area contributed by atoms with E-state index < -0.39 is 71.2 Å². The van der Waals surface area contributed by atoms with Crippen LogP contribution in [-0.2, 0) is 41.5 Å². The first-order valence-corrected chi connectivity index (χ1v) is 24.2. The van der Waals surface area contributed by atoms with Crippen molar-refractivity contribution >= 4 is 105 Å². The summed E-state index contributed by atoms with van der Waals surface area (Å²) in [5, 5.41) is 30.3. The number of anilines is 2. The highest BCUT2D eigenvalue weighted by atomic mass is 35.5. The molecule has 12 N–H and O–H groups in total. The molecule has 0 spiro atoms. The summed E-state index contributed by atoms with van der Waals surface area (Å²) in [6.07, 6.45) is 2.75. The number of nitrogens with one attached hydrogen (secondary N) is 4. The maximum Gasteiger partial charge on any atom is 0.416 e. The third-order valence-electron chi connectivity index (χ3n) is 8.90. The Labute approximate surface area is 428 Å². The number of carbonyl (C=O) groups is 8. The number of nitrogens with two attached hydrogens (primary N) is 3. The fourth-order valence-corrected chi connectivity index (χ4v) is 7.04. The predicted molar refractivity (Wildman–Crippen MR) is 270 cm³/mol. The van der Waals surface area contributed by atoms with Crippen LogP contribution in [0.5, 0.6) is 11.5 Å². The number of hydrogen-bond acceptors (Lipinski definition) is 18. The Kier molecular flexibility index (Phi) is 25.2. The molecule has 0 aliphatic heterocycles. The first-order chi connectivity index (χ1) is 33.3. The van der Waals surface area contributed by atoms with Crippen molar-refractivity contribution in [2.24, 2.45) is 17.2 Å². The Hall–Kier alpha value is -6.60. The van der Waals surface area contributed by atoms with E-state index in [0.29, 0.717) is 41.1 Å². The molecule has 0 unspecified atom stereocenters. The number of phenolic OH excluding ortho intramolecular Hbond substituents is 2. The molecular formula is C45H60Cl2N10O12S2. The number of nitrogens with zero attached hydrogens (tertiary/aromatic N) is 3. The van der Waals surface area contributed by atoms with Crippen LogP contribution in [0, 0.1) is 0 Å². The summed E-state index contributed by atoms with van der Waals surface area (Å²) in [5.74, 6) is -2.60. The molecule has 0 bridgehead atoms. The summed E-state index contributed by atoms with van der Waals surface area (Å²) in [4.78, 5) is 107. The van der Waals surface area contributed by atoms with Crippen molar-refractivity contribution in [2.75, 3.05) is 28.6 Å². The fourth-order valence-electron chi connectivity index (χ4n) is 5.64. The molecule has 0 saturated carbocycles. The second-order valence-corrected chi connectivity index (χ2v) is 20.0. The van der Waals surface area contributed by atoms with Gasteiger partial charge in [0.05, 0.1) is 33.5 Å². The summed E-state index contributed by atoms with van der Waals surface area (Å²) >= 11 is 11.7. The van der Waals surface area contributed by atoms with Crippen molar-refractivity contribution in [2.45, 2.75) is 103 Å². The topological polar surface area (TPSA) is 351 Å². The molecular weight excluding hydrogens is 1010 g/mol. The van der Waals surface area contributed by atoms with Gasteiger partial charge in [0.25, 0.3) is 0 Å². The average molecular weight is 1070 g/mol. The third kappa shape index (κ3) is 23.7. The summed E-state index contributed by atoms with van der Waals surface area (Å²) in [5.41, 5.74) is 16.4. The fraction of sp³-hybridized carbons (Fsp3) is 0.422. The Morgan fingerprint density at radius 1 is 0.704 bits per heavy atom. The number of aromatic hydroxyl groups is 2. The molecule has 2 aromatic carbocycles. The minimum atomic E-state index is -1.28. The number of hydrogen-bond donors (Lipinski definition) is 9. The number of benzene rings is 2. The molecule has 0 radical (unpaired) electrons. The molecule has 22 nitrogen and oxygen atoms in total. The molecule has 4 atom stereocenters. The van der Waals surface area contributed by atoms with Crippen molar-refractivity contribution in [1.82, 2.24) is 25.9 Å². The molecule has 0 saturated heterocycles. The number of aldehydes is 2. The molecule has 0 aliphatic carbocycles. The van der Waals surface area contributed by atoms with E-state index >= 15 is 0 Å². The molecule has 2 heterocycles. The molecule has 388 valence electrons. The van der Waals surface area contributed by atoms with Gasteiger partial charge in [-0.15, -0.1) is 23.2 Å². The van der Waals surface area contributed by atoms with Gasteiger partial charge in [0.1, 0.15) is 40.8 Å². The standard InChI is InChI=1S/C27H37N5O8S.C17H21N5O4S.CH2Cl2/c1-26(2,3)39-24(37)31-19(22(36)30-20(21(28)35)13-16-7-9-17(34)10-8-16)11-12-32(25(38)40-27(4,5)6)23-29-14-18(15-33)41-23;18-13(5-6-20-17-21-8-12(9-23)27-17)16(26)22-14(15(19)25)7-10-1-3-11(24)4-2-10;2-1-3/h7-10,14-15,19-20,34H,11-13H2,1-6H3,(H2,28,35)(H,30,36)(H,31,37);1-4,8-9,13-14,24H,5-7,18H2,(H2,19,25)(H,20,21)(H,22,26);1H2/t19-,20-;13-,14-;/m00./s1. The van der Waals surface area contributed by atoms with Crippen molar-refractivity contribution in [3.8, 4) is 11.5 Å². The highest BCUT2D eigenvalue weighted by Gasteiger charge is 2.32. The normalized spacial score (nSPS) is 12.6. The smallest absolute Gasteiger partial charge is 0.416 e. The van der Waals surface area contributed by atoms with Crippen LogP contribution in [0.25, 0.3) is 0 Å². The van der Waals surface area contributed by atoms with Gasteiger partial charge in [-0.25, -0.2) is 19.6 Å². The van der Waals surface area contributed by atoms with Crippen molar-refractivity contribution < 1.29 is 58.0 Å². The first-order valence-electron chi connectivity index (χ1n) is 21.5. The van der Waals surface area contributed by atoms with Gasteiger partial charge in [0.15, 0.2) is 22.8 Å². The van der Waals surface area contributed by atoms with E-state index in [4.69, 9.17) is 49.9 Å². The lowest BCUT2D eigenvalue weighted by Gasteiger charge is -2.28. The zero-order chi connectivity index (χ0) is 53.5. The van der Waals surface area contributed by atoms with Gasteiger partial charge < -0.3 is 58.2 Å². The number of primary amides is 2. The molecule has 4 aromatic rings. The van der Waals surface area contributed by atoms with Crippen LogP contribution in [0.3, 0.4) is 0 Å². The summed E-state index contributed by atoms with van der Waals surface area (Å²) in [6.45, 7) is 10.2. The van der Waals surface area contributed by atoms with Crippen LogP contribution in [0.4, 0.5) is 19.9 Å². The monoisotopic (exact) mass is 1070 g/mol. The lowest BCUT2D eigenvalue weighted by molar-refractivity contribution is -0.128. The second-order valence-electron chi connectivity index (χ2n) is 17.1. The molecule has 26 heteroatoms. The number of halogens is 2. The van der Waals surface area contributed by atoms with Gasteiger partial charge in [-0.2, -0.15) is 0 Å². The van der Waals surface area contributed by atoms with Crippen LogP contribution >= 0.6 is 45.9 Å². The van der Waals surface area contributed by atoms with E-state index in [2.05, 4.69) is 31.2 Å². The number of carbonyl (C=O) groups excluding carboxylic acids is 8. The number of phenols is 2. The zero-order valence-corrected chi connectivity index (χ0v) is 43.0. The Morgan fingerprint density at radius 3 is 1.61 bits per heavy atom. The number of alkyl carbamates (subject to hydrolysis) is 1. The number of amides is 6. The first kappa shape index (κ1) is 60.5. The van der Waals surface area contributed by atoms with E-state index in [9.17, 15) is 48.6 Å². The number of ether oxygens (including phenoxy) is 2. The van der Waals surface area contributed by atoms with Gasteiger partial charge in [-0.05, 0) is 89.8 Å². The second kappa shape index (κ2) is 29.6. The van der Waals surface area contributed by atoms with Crippen LogP contribution in [0.2, 0.25) is 0 Å². The number of alkyl halides is 2. The maximum absolute atomic E-state index is 13.4. The molecule has 6 amide bonds. The molecule has 2 aromatic heterocycles. The van der Waals surface area contributed by atoms with Gasteiger partial charge in [-0.3, -0.25) is 33.7 Å². The quantitative estimate of drug-likeness (QED) is 0.0414. The van der Waals surface area contributed by atoms with Crippen LogP contribution in [-0.4, -0.2) is 122 Å². The summed E-state index contributed by atoms with van der Waals surface area (Å²) < 4.78 is 10.8. The largest absolute Gasteiger partial charge is 0.508 e. The highest BCUT2D eigenvalue weighted by Crippen LogP contribution is 2.25. The van der Waals surface area contributed by atoms with Gasteiger partial charge in [0.2, 0.25) is 23.6 Å². The molecule has 0 fully saturated rings. The SMILES string of the molecule is CC(C)(C)OC(=O)N[C@@H](CCN(C(=O)OC(C)(C)C)c1ncc(C=O)s1)C(=O)N[C@@H](Cc1ccc(O)cc1)C(N)=O.ClCCl.NC(=O)[C@H](Cc1ccc(O)cc1)NC(=O)[C@@H](N)CCNc1ncc(C=O)s1. The maximum atomic E-state index is 13.4. The highest BCUT2D eigenvalue weighted by molar-refractivity contribution is 7.17. The van der Waals surface area contributed by atoms with Gasteiger partial charge in [-0.1, -0.05) is 46.9 Å². The number of rotatable bonds is 21. The van der Waals surface area contributed by atoms with E-state index in [-0.39, 0.29) is 52.7 Å². The Bertz CT molecular complexity index is 2380. The van der Waals surface area contributed by atoms with E-state index in [1.54, 1.807) is 65.8 Å². The van der Waals surface area contributed by atoms with E-state index in [1.165, 1.54) is 48.0 Å². The Morgan fingerprint density at radius 2 is 1.17 bits per heavy atom. The van der Waals surface area contributed by atoms with E-state index in [1.807, 2.05) is 0 Å². The minimum absolute atomic E-state index is 0.0259. The predicted octanol–water partition coefficient (Wildman–Crippen LogP) is 4.32. The van der Waals surface area contributed by atoms with Crippen molar-refractivity contribution in [1.29, 1.82) is 0 Å².